The summed E-state index contributed by atoms with van der Waals surface area (Å²) in [7, 11) is 3.09. The SMILES string of the molecule is COc1ccc(CNC(=O)/C(C#N)=C/c2ccc(Cl)cc2Cl)c(OC)c1. The van der Waals surface area contributed by atoms with Crippen molar-refractivity contribution < 1.29 is 14.3 Å². The lowest BCUT2D eigenvalue weighted by molar-refractivity contribution is -0.117. The number of carbonyl (C=O) groups is 1. The van der Waals surface area contributed by atoms with Gasteiger partial charge in [-0.15, -0.1) is 0 Å². The fourth-order valence-corrected chi connectivity index (χ4v) is 2.65. The van der Waals surface area contributed by atoms with Gasteiger partial charge >= 0.3 is 0 Å². The van der Waals surface area contributed by atoms with Crippen LogP contribution in [0, 0.1) is 11.3 Å². The van der Waals surface area contributed by atoms with Gasteiger partial charge in [0.15, 0.2) is 0 Å². The number of methoxy groups -OCH3 is 2. The first-order chi connectivity index (χ1) is 12.5. The Morgan fingerprint density at radius 2 is 1.96 bits per heavy atom. The molecule has 0 spiro atoms. The number of carbonyl (C=O) groups excluding carboxylic acids is 1. The van der Waals surface area contributed by atoms with Crippen LogP contribution in [-0.2, 0) is 11.3 Å². The van der Waals surface area contributed by atoms with Gasteiger partial charge in [-0.1, -0.05) is 29.3 Å². The first-order valence-electron chi connectivity index (χ1n) is 7.54. The Hall–Kier alpha value is -2.68. The van der Waals surface area contributed by atoms with Gasteiger partial charge in [0.1, 0.15) is 23.1 Å². The van der Waals surface area contributed by atoms with E-state index in [0.29, 0.717) is 27.1 Å². The zero-order valence-corrected chi connectivity index (χ0v) is 15.7. The van der Waals surface area contributed by atoms with E-state index >= 15 is 0 Å². The Balaban J connectivity index is 2.15. The zero-order chi connectivity index (χ0) is 19.1. The highest BCUT2D eigenvalue weighted by Crippen LogP contribution is 2.25. The summed E-state index contributed by atoms with van der Waals surface area (Å²) in [6.07, 6.45) is 1.42. The number of nitrogens with zero attached hydrogens (tertiary/aromatic N) is 1. The van der Waals surface area contributed by atoms with Gasteiger partial charge in [0.2, 0.25) is 0 Å². The van der Waals surface area contributed by atoms with Crippen molar-refractivity contribution >= 4 is 35.2 Å². The molecule has 0 radical (unpaired) electrons. The quantitative estimate of drug-likeness (QED) is 0.591. The molecule has 26 heavy (non-hydrogen) atoms. The van der Waals surface area contributed by atoms with Gasteiger partial charge in [-0.25, -0.2) is 0 Å². The van der Waals surface area contributed by atoms with Crippen molar-refractivity contribution in [2.75, 3.05) is 14.2 Å². The van der Waals surface area contributed by atoms with Gasteiger partial charge in [0, 0.05) is 28.2 Å². The molecule has 0 saturated heterocycles. The van der Waals surface area contributed by atoms with Gasteiger partial charge < -0.3 is 14.8 Å². The molecule has 0 aliphatic rings. The van der Waals surface area contributed by atoms with Gasteiger partial charge in [-0.05, 0) is 35.9 Å². The maximum Gasteiger partial charge on any atom is 0.262 e. The van der Waals surface area contributed by atoms with Gasteiger partial charge in [-0.3, -0.25) is 4.79 Å². The Morgan fingerprint density at radius 1 is 1.19 bits per heavy atom. The van der Waals surface area contributed by atoms with Crippen LogP contribution in [0.1, 0.15) is 11.1 Å². The maximum atomic E-state index is 12.3. The number of hydrogen-bond acceptors (Lipinski definition) is 4. The van der Waals surface area contributed by atoms with Crippen LogP contribution in [-0.4, -0.2) is 20.1 Å². The number of halogens is 2. The molecule has 0 atom stereocenters. The molecule has 0 aliphatic carbocycles. The number of ether oxygens (including phenoxy) is 2. The summed E-state index contributed by atoms with van der Waals surface area (Å²) in [5.41, 5.74) is 1.22. The minimum atomic E-state index is -0.517. The van der Waals surface area contributed by atoms with Crippen molar-refractivity contribution in [2.24, 2.45) is 0 Å². The molecule has 1 N–H and O–H groups in total. The fourth-order valence-electron chi connectivity index (χ4n) is 2.19. The highest BCUT2D eigenvalue weighted by Gasteiger charge is 2.12. The Bertz CT molecular complexity index is 889. The standard InChI is InChI=1S/C19H16Cl2N2O3/c1-25-16-6-4-13(18(9-16)26-2)11-23-19(24)14(10-22)7-12-3-5-15(20)8-17(12)21/h3-9H,11H2,1-2H3,(H,23,24)/b14-7+. The molecule has 5 nitrogen and oxygen atoms in total. The molecular formula is C19H16Cl2N2O3. The molecule has 2 rings (SSSR count). The van der Waals surface area contributed by atoms with E-state index in [0.717, 1.165) is 5.56 Å². The van der Waals surface area contributed by atoms with Gasteiger partial charge in [0.05, 0.1) is 14.2 Å². The lowest BCUT2D eigenvalue weighted by atomic mass is 10.1. The number of rotatable bonds is 6. The van der Waals surface area contributed by atoms with Crippen LogP contribution < -0.4 is 14.8 Å². The molecule has 0 aromatic heterocycles. The third kappa shape index (κ3) is 4.92. The third-order valence-corrected chi connectivity index (χ3v) is 4.12. The van der Waals surface area contributed by atoms with E-state index in [1.165, 1.54) is 13.2 Å². The van der Waals surface area contributed by atoms with Crippen LogP contribution in [0.4, 0.5) is 0 Å². The number of hydrogen-bond donors (Lipinski definition) is 1. The molecular weight excluding hydrogens is 375 g/mol. The second kappa shape index (κ2) is 9.14. The summed E-state index contributed by atoms with van der Waals surface area (Å²) >= 11 is 11.9. The van der Waals surface area contributed by atoms with E-state index in [1.54, 1.807) is 43.5 Å². The van der Waals surface area contributed by atoms with Crippen molar-refractivity contribution in [1.82, 2.24) is 5.32 Å². The molecule has 134 valence electrons. The van der Waals surface area contributed by atoms with Crippen LogP contribution in [0.15, 0.2) is 42.0 Å². The van der Waals surface area contributed by atoms with E-state index < -0.39 is 5.91 Å². The summed E-state index contributed by atoms with van der Waals surface area (Å²) in [5, 5.41) is 12.8. The van der Waals surface area contributed by atoms with Crippen molar-refractivity contribution in [3.8, 4) is 17.6 Å². The molecule has 2 aromatic rings. The molecule has 0 aliphatic heterocycles. The molecule has 0 bridgehead atoms. The molecule has 1 amide bonds. The van der Waals surface area contributed by atoms with E-state index in [9.17, 15) is 10.1 Å². The average molecular weight is 391 g/mol. The zero-order valence-electron chi connectivity index (χ0n) is 14.2. The smallest absolute Gasteiger partial charge is 0.262 e. The lowest BCUT2D eigenvalue weighted by Crippen LogP contribution is -2.24. The number of nitrogens with one attached hydrogen (secondary N) is 1. The van der Waals surface area contributed by atoms with Gasteiger partial charge in [0.25, 0.3) is 5.91 Å². The topological polar surface area (TPSA) is 71.3 Å². The minimum Gasteiger partial charge on any atom is -0.497 e. The number of amides is 1. The second-order valence-electron chi connectivity index (χ2n) is 5.20. The summed E-state index contributed by atoms with van der Waals surface area (Å²) in [5.74, 6) is 0.705. The van der Waals surface area contributed by atoms with Crippen LogP contribution >= 0.6 is 23.2 Å². The summed E-state index contributed by atoms with van der Waals surface area (Å²) < 4.78 is 10.4. The first kappa shape index (κ1) is 19.6. The number of benzene rings is 2. The average Bonchev–Trinajstić information content (AvgIpc) is 2.65. The van der Waals surface area contributed by atoms with Crippen molar-refractivity contribution in [1.29, 1.82) is 5.26 Å². The molecule has 2 aromatic carbocycles. The predicted octanol–water partition coefficient (Wildman–Crippen LogP) is 4.23. The normalized spacial score (nSPS) is 10.8. The lowest BCUT2D eigenvalue weighted by Gasteiger charge is -2.11. The molecule has 0 saturated carbocycles. The first-order valence-corrected chi connectivity index (χ1v) is 8.30. The minimum absolute atomic E-state index is 0.0679. The van der Waals surface area contributed by atoms with Gasteiger partial charge in [-0.2, -0.15) is 5.26 Å². The third-order valence-electron chi connectivity index (χ3n) is 3.56. The molecule has 7 heteroatoms. The highest BCUT2D eigenvalue weighted by atomic mass is 35.5. The Labute approximate surface area is 161 Å². The Kier molecular flexibility index (Phi) is 6.90. The summed E-state index contributed by atoms with van der Waals surface area (Å²) in [6.45, 7) is 0.194. The van der Waals surface area contributed by atoms with Crippen molar-refractivity contribution in [3.05, 3.63) is 63.1 Å². The fraction of sp³-hybridized carbons (Fsp3) is 0.158. The summed E-state index contributed by atoms with van der Waals surface area (Å²) in [4.78, 5) is 12.3. The van der Waals surface area contributed by atoms with E-state index in [-0.39, 0.29) is 12.1 Å². The van der Waals surface area contributed by atoms with Crippen molar-refractivity contribution in [3.63, 3.8) is 0 Å². The van der Waals surface area contributed by atoms with E-state index in [4.69, 9.17) is 32.7 Å². The van der Waals surface area contributed by atoms with Crippen LogP contribution in [0.5, 0.6) is 11.5 Å². The van der Waals surface area contributed by atoms with E-state index in [2.05, 4.69) is 5.32 Å². The second-order valence-corrected chi connectivity index (χ2v) is 6.04. The highest BCUT2D eigenvalue weighted by molar-refractivity contribution is 6.35. The number of nitriles is 1. The van der Waals surface area contributed by atoms with Crippen LogP contribution in [0.25, 0.3) is 6.08 Å². The predicted molar refractivity (Wildman–Crippen MR) is 101 cm³/mol. The maximum absolute atomic E-state index is 12.3. The molecule has 0 heterocycles. The van der Waals surface area contributed by atoms with Crippen LogP contribution in [0.3, 0.4) is 0 Å². The van der Waals surface area contributed by atoms with Crippen LogP contribution in [0.2, 0.25) is 10.0 Å². The molecule has 0 unspecified atom stereocenters. The summed E-state index contributed by atoms with van der Waals surface area (Å²) in [6, 6.07) is 12.0. The molecule has 0 fully saturated rings. The monoisotopic (exact) mass is 390 g/mol. The Morgan fingerprint density at radius 3 is 2.58 bits per heavy atom. The largest absolute Gasteiger partial charge is 0.497 e. The van der Waals surface area contributed by atoms with E-state index in [1.807, 2.05) is 6.07 Å². The van der Waals surface area contributed by atoms with Crippen molar-refractivity contribution in [2.45, 2.75) is 6.54 Å².